The second-order valence-corrected chi connectivity index (χ2v) is 6.95. The molecule has 0 heterocycles. The Morgan fingerprint density at radius 1 is 1.35 bits per heavy atom. The number of ketones is 1. The third-order valence-corrected chi connectivity index (χ3v) is 3.91. The highest BCUT2D eigenvalue weighted by Gasteiger charge is 2.12. The molecule has 1 N–H and O–H groups in total. The Balaban J connectivity index is 2.86. The molecule has 0 saturated heterocycles. The van der Waals surface area contributed by atoms with Crippen molar-refractivity contribution < 1.29 is 13.2 Å². The van der Waals surface area contributed by atoms with Gasteiger partial charge in [-0.3, -0.25) is 9.52 Å². The Kier molecular flexibility index (Phi) is 4.70. The summed E-state index contributed by atoms with van der Waals surface area (Å²) in [5.41, 5.74) is 1.01. The minimum Gasteiger partial charge on any atom is -0.293 e. The molecule has 1 atom stereocenters. The zero-order valence-corrected chi connectivity index (χ0v) is 12.0. The van der Waals surface area contributed by atoms with Crippen LogP contribution < -0.4 is 4.72 Å². The number of carbonyl (C=O) groups is 1. The third kappa shape index (κ3) is 4.12. The lowest BCUT2D eigenvalue weighted by molar-refractivity contribution is 0.0996. The van der Waals surface area contributed by atoms with Gasteiger partial charge in [-0.15, -0.1) is 0 Å². The monoisotopic (exact) mass is 319 g/mol. The van der Waals surface area contributed by atoms with Crippen LogP contribution in [0.5, 0.6) is 0 Å². The summed E-state index contributed by atoms with van der Waals surface area (Å²) in [7, 11) is -3.27. The van der Waals surface area contributed by atoms with Crippen molar-refractivity contribution in [1.82, 2.24) is 0 Å². The standard InChI is InChI=1S/C11H14BrNO3S/c1-3-17(15,16)13-10-6-4-9(5-7-10)11(14)8(2)12/h4-8,13H,3H2,1-2H3. The van der Waals surface area contributed by atoms with E-state index in [0.717, 1.165) is 0 Å². The van der Waals surface area contributed by atoms with Crippen LogP contribution in [0.1, 0.15) is 24.2 Å². The van der Waals surface area contributed by atoms with Crippen molar-refractivity contribution in [1.29, 1.82) is 0 Å². The molecule has 4 nitrogen and oxygen atoms in total. The lowest BCUT2D eigenvalue weighted by Gasteiger charge is -2.07. The molecule has 0 spiro atoms. The van der Waals surface area contributed by atoms with Crippen molar-refractivity contribution >= 4 is 37.4 Å². The van der Waals surface area contributed by atoms with E-state index >= 15 is 0 Å². The van der Waals surface area contributed by atoms with Crippen molar-refractivity contribution in [3.63, 3.8) is 0 Å². The Bertz CT molecular complexity index is 494. The van der Waals surface area contributed by atoms with Crippen LogP contribution in [0.15, 0.2) is 24.3 Å². The van der Waals surface area contributed by atoms with Crippen LogP contribution in [0.3, 0.4) is 0 Å². The first kappa shape index (κ1) is 14.2. The summed E-state index contributed by atoms with van der Waals surface area (Å²) < 4.78 is 25.0. The first-order chi connectivity index (χ1) is 7.85. The molecule has 0 saturated carbocycles. The number of halogens is 1. The van der Waals surface area contributed by atoms with Crippen molar-refractivity contribution in [3.05, 3.63) is 29.8 Å². The van der Waals surface area contributed by atoms with Gasteiger partial charge < -0.3 is 0 Å². The second kappa shape index (κ2) is 5.64. The van der Waals surface area contributed by atoms with E-state index in [2.05, 4.69) is 20.7 Å². The van der Waals surface area contributed by atoms with Crippen LogP contribution in [-0.4, -0.2) is 24.8 Å². The van der Waals surface area contributed by atoms with Crippen LogP contribution in [-0.2, 0) is 10.0 Å². The maximum Gasteiger partial charge on any atom is 0.232 e. The summed E-state index contributed by atoms with van der Waals surface area (Å²) in [6, 6.07) is 6.37. The number of benzene rings is 1. The Hall–Kier alpha value is -0.880. The van der Waals surface area contributed by atoms with E-state index in [0.29, 0.717) is 11.3 Å². The van der Waals surface area contributed by atoms with Crippen LogP contribution in [0, 0.1) is 0 Å². The van der Waals surface area contributed by atoms with Gasteiger partial charge in [0.2, 0.25) is 10.0 Å². The minimum atomic E-state index is -3.27. The number of Topliss-reactive ketones (excluding diaryl/α,β-unsaturated/α-hetero) is 1. The van der Waals surface area contributed by atoms with Gasteiger partial charge in [-0.1, -0.05) is 15.9 Å². The van der Waals surface area contributed by atoms with Crippen LogP contribution in [0.4, 0.5) is 5.69 Å². The fraction of sp³-hybridized carbons (Fsp3) is 0.364. The van der Waals surface area contributed by atoms with Crippen LogP contribution in [0.2, 0.25) is 0 Å². The zero-order valence-electron chi connectivity index (χ0n) is 9.60. The smallest absolute Gasteiger partial charge is 0.232 e. The average molecular weight is 320 g/mol. The van der Waals surface area contributed by atoms with E-state index in [-0.39, 0.29) is 16.4 Å². The van der Waals surface area contributed by atoms with Crippen LogP contribution >= 0.6 is 15.9 Å². The maximum atomic E-state index is 11.6. The molecule has 94 valence electrons. The SMILES string of the molecule is CCS(=O)(=O)Nc1ccc(C(=O)C(C)Br)cc1. The molecular weight excluding hydrogens is 306 g/mol. The molecule has 1 aromatic carbocycles. The molecule has 1 unspecified atom stereocenters. The summed E-state index contributed by atoms with van der Waals surface area (Å²) in [6.07, 6.45) is 0. The fourth-order valence-electron chi connectivity index (χ4n) is 1.18. The average Bonchev–Trinajstić information content (AvgIpc) is 2.28. The van der Waals surface area contributed by atoms with Gasteiger partial charge in [-0.05, 0) is 38.1 Å². The Labute approximate surface area is 110 Å². The van der Waals surface area contributed by atoms with Gasteiger partial charge in [0, 0.05) is 11.3 Å². The lowest BCUT2D eigenvalue weighted by Crippen LogP contribution is -2.15. The van der Waals surface area contributed by atoms with Gasteiger partial charge in [-0.25, -0.2) is 8.42 Å². The second-order valence-electron chi connectivity index (χ2n) is 3.56. The van der Waals surface area contributed by atoms with Crippen molar-refractivity contribution in [2.24, 2.45) is 0 Å². The van der Waals surface area contributed by atoms with Gasteiger partial charge in [0.05, 0.1) is 10.6 Å². The molecule has 0 bridgehead atoms. The molecule has 1 rings (SSSR count). The van der Waals surface area contributed by atoms with Gasteiger partial charge in [0.15, 0.2) is 5.78 Å². The van der Waals surface area contributed by atoms with Gasteiger partial charge in [0.25, 0.3) is 0 Å². The molecular formula is C11H14BrNO3S. The number of hydrogen-bond acceptors (Lipinski definition) is 3. The maximum absolute atomic E-state index is 11.6. The van der Waals surface area contributed by atoms with Gasteiger partial charge in [-0.2, -0.15) is 0 Å². The molecule has 6 heteroatoms. The van der Waals surface area contributed by atoms with E-state index in [9.17, 15) is 13.2 Å². The summed E-state index contributed by atoms with van der Waals surface area (Å²) in [6.45, 7) is 3.31. The number of rotatable bonds is 5. The highest BCUT2D eigenvalue weighted by molar-refractivity contribution is 9.10. The third-order valence-electron chi connectivity index (χ3n) is 2.18. The van der Waals surface area contributed by atoms with E-state index in [1.165, 1.54) is 0 Å². The summed E-state index contributed by atoms with van der Waals surface area (Å²) >= 11 is 3.19. The summed E-state index contributed by atoms with van der Waals surface area (Å²) in [5, 5.41) is 0. The van der Waals surface area contributed by atoms with E-state index in [1.54, 1.807) is 38.1 Å². The molecule has 17 heavy (non-hydrogen) atoms. The largest absolute Gasteiger partial charge is 0.293 e. The number of hydrogen-bond donors (Lipinski definition) is 1. The molecule has 0 aliphatic carbocycles. The molecule has 0 fully saturated rings. The predicted molar refractivity (Wildman–Crippen MR) is 72.2 cm³/mol. The minimum absolute atomic E-state index is 0.0200. The van der Waals surface area contributed by atoms with Gasteiger partial charge in [0.1, 0.15) is 0 Å². The van der Waals surface area contributed by atoms with E-state index in [4.69, 9.17) is 0 Å². The Morgan fingerprint density at radius 2 is 1.88 bits per heavy atom. The lowest BCUT2D eigenvalue weighted by atomic mass is 10.1. The molecule has 1 aromatic rings. The Morgan fingerprint density at radius 3 is 2.29 bits per heavy atom. The normalized spacial score (nSPS) is 13.1. The van der Waals surface area contributed by atoms with Crippen LogP contribution in [0.25, 0.3) is 0 Å². The predicted octanol–water partition coefficient (Wildman–Crippen LogP) is 2.41. The number of alkyl halides is 1. The van der Waals surface area contributed by atoms with E-state index in [1.807, 2.05) is 0 Å². The first-order valence-electron chi connectivity index (χ1n) is 5.14. The van der Waals surface area contributed by atoms with E-state index < -0.39 is 10.0 Å². The first-order valence-corrected chi connectivity index (χ1v) is 7.71. The van der Waals surface area contributed by atoms with Crippen molar-refractivity contribution in [2.75, 3.05) is 10.5 Å². The summed E-state index contributed by atoms with van der Waals surface area (Å²) in [5.74, 6) is -0.0125. The van der Waals surface area contributed by atoms with Crippen molar-refractivity contribution in [3.8, 4) is 0 Å². The molecule has 0 aromatic heterocycles. The molecule has 0 amide bonds. The topological polar surface area (TPSA) is 63.2 Å². The molecule has 0 radical (unpaired) electrons. The molecule has 0 aliphatic heterocycles. The number of carbonyl (C=O) groups excluding carboxylic acids is 1. The number of anilines is 1. The fourth-order valence-corrected chi connectivity index (χ4v) is 2.09. The highest BCUT2D eigenvalue weighted by atomic mass is 79.9. The quantitative estimate of drug-likeness (QED) is 0.669. The van der Waals surface area contributed by atoms with Gasteiger partial charge >= 0.3 is 0 Å². The zero-order chi connectivity index (χ0) is 13.1. The number of nitrogens with one attached hydrogen (secondary N) is 1. The number of sulfonamides is 1. The highest BCUT2D eigenvalue weighted by Crippen LogP contribution is 2.14. The molecule has 0 aliphatic rings. The summed E-state index contributed by atoms with van der Waals surface area (Å²) in [4.78, 5) is 11.4. The van der Waals surface area contributed by atoms with Crippen molar-refractivity contribution in [2.45, 2.75) is 18.7 Å².